The van der Waals surface area contributed by atoms with Gasteiger partial charge in [0.15, 0.2) is 0 Å². The van der Waals surface area contributed by atoms with Crippen molar-refractivity contribution >= 4 is 17.6 Å². The first kappa shape index (κ1) is 16.0. The molecule has 0 aliphatic carbocycles. The van der Waals surface area contributed by atoms with E-state index >= 15 is 0 Å². The fourth-order valence-electron chi connectivity index (χ4n) is 1.64. The number of nitrogens with one attached hydrogen (secondary N) is 1. The fraction of sp³-hybridized carbons (Fsp3) is 0.467. The first-order valence-corrected chi connectivity index (χ1v) is 6.60. The zero-order chi connectivity index (χ0) is 15.3. The summed E-state index contributed by atoms with van der Waals surface area (Å²) >= 11 is 0. The lowest BCUT2D eigenvalue weighted by Gasteiger charge is -2.13. The van der Waals surface area contributed by atoms with Gasteiger partial charge < -0.3 is 15.2 Å². The Labute approximate surface area is 118 Å². The maximum Gasteiger partial charge on any atom is 0.336 e. The van der Waals surface area contributed by atoms with Gasteiger partial charge in [0.1, 0.15) is 6.61 Å². The summed E-state index contributed by atoms with van der Waals surface area (Å²) < 4.78 is 5.08. The third kappa shape index (κ3) is 4.57. The van der Waals surface area contributed by atoms with Crippen molar-refractivity contribution in [2.75, 3.05) is 5.32 Å². The predicted octanol–water partition coefficient (Wildman–Crippen LogP) is 2.90. The maximum absolute atomic E-state index is 11.4. The second-order valence-corrected chi connectivity index (χ2v) is 5.24. The summed E-state index contributed by atoms with van der Waals surface area (Å²) in [6, 6.07) is 5.22. The molecule has 0 spiro atoms. The van der Waals surface area contributed by atoms with Crippen LogP contribution in [0, 0.1) is 5.92 Å². The molecule has 0 atom stereocenters. The Morgan fingerprint density at radius 2 is 1.90 bits per heavy atom. The molecule has 110 valence electrons. The Hall–Kier alpha value is -2.04. The van der Waals surface area contributed by atoms with E-state index in [1.54, 1.807) is 32.0 Å². The SMILES string of the molecule is CC(C)Nc1ccc(COC(=O)C(C)C)c(C(=O)O)c1. The number of carboxylic acids is 1. The molecule has 0 aliphatic rings. The smallest absolute Gasteiger partial charge is 0.336 e. The van der Waals surface area contributed by atoms with Crippen molar-refractivity contribution in [1.82, 2.24) is 0 Å². The number of carbonyl (C=O) groups excluding carboxylic acids is 1. The van der Waals surface area contributed by atoms with Gasteiger partial charge in [-0.05, 0) is 26.0 Å². The molecular formula is C15H21NO4. The highest BCUT2D eigenvalue weighted by atomic mass is 16.5. The number of hydrogen-bond donors (Lipinski definition) is 2. The van der Waals surface area contributed by atoms with Crippen LogP contribution in [0.3, 0.4) is 0 Å². The highest BCUT2D eigenvalue weighted by molar-refractivity contribution is 5.90. The number of aromatic carboxylic acids is 1. The van der Waals surface area contributed by atoms with Gasteiger partial charge in [0.05, 0.1) is 11.5 Å². The van der Waals surface area contributed by atoms with Crippen molar-refractivity contribution in [1.29, 1.82) is 0 Å². The summed E-state index contributed by atoms with van der Waals surface area (Å²) in [6.45, 7) is 7.38. The Morgan fingerprint density at radius 3 is 2.40 bits per heavy atom. The Kier molecular flexibility index (Phi) is 5.55. The molecule has 5 heteroatoms. The lowest BCUT2D eigenvalue weighted by molar-refractivity contribution is -0.148. The van der Waals surface area contributed by atoms with Gasteiger partial charge in [0.25, 0.3) is 0 Å². The van der Waals surface area contributed by atoms with Crippen molar-refractivity contribution in [3.05, 3.63) is 29.3 Å². The van der Waals surface area contributed by atoms with Crippen molar-refractivity contribution in [2.45, 2.75) is 40.3 Å². The van der Waals surface area contributed by atoms with E-state index in [9.17, 15) is 14.7 Å². The van der Waals surface area contributed by atoms with Crippen LogP contribution in [-0.4, -0.2) is 23.1 Å². The van der Waals surface area contributed by atoms with Crippen LogP contribution in [0.25, 0.3) is 0 Å². The number of hydrogen-bond acceptors (Lipinski definition) is 4. The zero-order valence-electron chi connectivity index (χ0n) is 12.3. The lowest BCUT2D eigenvalue weighted by atomic mass is 10.1. The normalized spacial score (nSPS) is 10.7. The van der Waals surface area contributed by atoms with E-state index in [1.165, 1.54) is 0 Å². The van der Waals surface area contributed by atoms with E-state index in [4.69, 9.17) is 4.74 Å². The predicted molar refractivity (Wildman–Crippen MR) is 76.8 cm³/mol. The van der Waals surface area contributed by atoms with Crippen LogP contribution in [0.1, 0.15) is 43.6 Å². The van der Waals surface area contributed by atoms with Crippen LogP contribution in [0.15, 0.2) is 18.2 Å². The lowest BCUT2D eigenvalue weighted by Crippen LogP contribution is -2.14. The molecule has 5 nitrogen and oxygen atoms in total. The second-order valence-electron chi connectivity index (χ2n) is 5.24. The number of carboxylic acid groups (broad SMARTS) is 1. The van der Waals surface area contributed by atoms with Crippen molar-refractivity contribution in [3.63, 3.8) is 0 Å². The average Bonchev–Trinajstić information content (AvgIpc) is 2.35. The van der Waals surface area contributed by atoms with Gasteiger partial charge >= 0.3 is 11.9 Å². The minimum Gasteiger partial charge on any atom is -0.478 e. The van der Waals surface area contributed by atoms with E-state index in [-0.39, 0.29) is 30.1 Å². The summed E-state index contributed by atoms with van der Waals surface area (Å²) in [5.74, 6) is -1.61. The molecule has 0 bridgehead atoms. The van der Waals surface area contributed by atoms with Gasteiger partial charge in [0.2, 0.25) is 0 Å². The molecule has 0 unspecified atom stereocenters. The molecule has 0 aromatic heterocycles. The van der Waals surface area contributed by atoms with Crippen LogP contribution in [0.4, 0.5) is 5.69 Å². The third-order valence-corrected chi connectivity index (χ3v) is 2.64. The molecule has 0 fully saturated rings. The number of esters is 1. The topological polar surface area (TPSA) is 75.6 Å². The summed E-state index contributed by atoms with van der Waals surface area (Å²) in [6.07, 6.45) is 0. The monoisotopic (exact) mass is 279 g/mol. The molecule has 1 aromatic carbocycles. The minimum absolute atomic E-state index is 0.0272. The van der Waals surface area contributed by atoms with Gasteiger partial charge in [-0.25, -0.2) is 4.79 Å². The minimum atomic E-state index is -1.03. The molecule has 20 heavy (non-hydrogen) atoms. The van der Waals surface area contributed by atoms with E-state index in [0.29, 0.717) is 5.56 Å². The summed E-state index contributed by atoms with van der Waals surface area (Å²) in [4.78, 5) is 22.7. The van der Waals surface area contributed by atoms with Crippen molar-refractivity contribution < 1.29 is 19.4 Å². The van der Waals surface area contributed by atoms with E-state index in [1.807, 2.05) is 13.8 Å². The third-order valence-electron chi connectivity index (χ3n) is 2.64. The molecule has 0 amide bonds. The molecule has 1 aromatic rings. The molecular weight excluding hydrogens is 258 g/mol. The van der Waals surface area contributed by atoms with Gasteiger partial charge in [-0.1, -0.05) is 19.9 Å². The van der Waals surface area contributed by atoms with Crippen molar-refractivity contribution in [2.24, 2.45) is 5.92 Å². The number of carbonyl (C=O) groups is 2. The van der Waals surface area contributed by atoms with Crippen LogP contribution < -0.4 is 5.32 Å². The van der Waals surface area contributed by atoms with E-state index in [0.717, 1.165) is 5.69 Å². The number of benzene rings is 1. The van der Waals surface area contributed by atoms with Crippen LogP contribution in [-0.2, 0) is 16.1 Å². The van der Waals surface area contributed by atoms with Crippen LogP contribution in [0.2, 0.25) is 0 Å². The van der Waals surface area contributed by atoms with Gasteiger partial charge in [-0.3, -0.25) is 4.79 Å². The van der Waals surface area contributed by atoms with E-state index < -0.39 is 5.97 Å². The molecule has 0 heterocycles. The Balaban J connectivity index is 2.90. The number of ether oxygens (including phenoxy) is 1. The molecule has 0 radical (unpaired) electrons. The Morgan fingerprint density at radius 1 is 1.25 bits per heavy atom. The fourth-order valence-corrected chi connectivity index (χ4v) is 1.64. The number of rotatable bonds is 6. The van der Waals surface area contributed by atoms with Gasteiger partial charge in [0, 0.05) is 17.3 Å². The molecule has 0 aliphatic heterocycles. The van der Waals surface area contributed by atoms with Crippen LogP contribution >= 0.6 is 0 Å². The zero-order valence-corrected chi connectivity index (χ0v) is 12.3. The highest BCUT2D eigenvalue weighted by Crippen LogP contribution is 2.18. The maximum atomic E-state index is 11.4. The first-order valence-electron chi connectivity index (χ1n) is 6.60. The standard InChI is InChI=1S/C15H21NO4/c1-9(2)15(19)20-8-11-5-6-12(16-10(3)4)7-13(11)14(17)18/h5-7,9-10,16H,8H2,1-4H3,(H,17,18). The van der Waals surface area contributed by atoms with Gasteiger partial charge in [-0.2, -0.15) is 0 Å². The van der Waals surface area contributed by atoms with E-state index in [2.05, 4.69) is 5.32 Å². The number of anilines is 1. The molecule has 2 N–H and O–H groups in total. The van der Waals surface area contributed by atoms with Crippen LogP contribution in [0.5, 0.6) is 0 Å². The largest absolute Gasteiger partial charge is 0.478 e. The summed E-state index contributed by atoms with van der Waals surface area (Å²) in [5, 5.41) is 12.4. The molecule has 0 saturated heterocycles. The second kappa shape index (κ2) is 6.93. The van der Waals surface area contributed by atoms with Crippen molar-refractivity contribution in [3.8, 4) is 0 Å². The molecule has 1 rings (SSSR count). The highest BCUT2D eigenvalue weighted by Gasteiger charge is 2.14. The summed E-state index contributed by atoms with van der Waals surface area (Å²) in [5.41, 5.74) is 1.37. The molecule has 0 saturated carbocycles. The first-order chi connectivity index (χ1) is 9.31. The quantitative estimate of drug-likeness (QED) is 0.783. The average molecular weight is 279 g/mol. The summed E-state index contributed by atoms with van der Waals surface area (Å²) in [7, 11) is 0. The Bertz CT molecular complexity index is 495. The van der Waals surface area contributed by atoms with Gasteiger partial charge in [-0.15, -0.1) is 0 Å².